The lowest BCUT2D eigenvalue weighted by Crippen LogP contribution is -2.44. The number of terminal acetylenes is 1. The Morgan fingerprint density at radius 1 is 1.40 bits per heavy atom. The zero-order chi connectivity index (χ0) is 15.3. The topological polar surface area (TPSA) is 90.8 Å². The Labute approximate surface area is 117 Å². The number of ketones is 1. The normalized spacial score (nSPS) is 11.8. The maximum absolute atomic E-state index is 12.4. The minimum absolute atomic E-state index is 0.278. The molecular formula is C13H13N3O3S. The van der Waals surface area contributed by atoms with Crippen LogP contribution in [-0.2, 0) is 14.8 Å². The van der Waals surface area contributed by atoms with Crippen LogP contribution in [0.3, 0.4) is 0 Å². The van der Waals surface area contributed by atoms with Crippen LogP contribution in [0.25, 0.3) is 5.53 Å². The standard InChI is InChI=1S/C13H13N3O3S/c1-4-10(2)16(12-8-6-5-7-9-12)20(18,19)13(15-14)11(3)17/h1,5-10H,2-3H3. The summed E-state index contributed by atoms with van der Waals surface area (Å²) in [6.07, 6.45) is 5.28. The van der Waals surface area contributed by atoms with E-state index in [-0.39, 0.29) is 5.69 Å². The van der Waals surface area contributed by atoms with Crippen LogP contribution in [0.2, 0.25) is 0 Å². The highest BCUT2D eigenvalue weighted by Crippen LogP contribution is 2.21. The van der Waals surface area contributed by atoms with E-state index in [9.17, 15) is 13.2 Å². The molecule has 0 heterocycles. The number of anilines is 1. The molecular weight excluding hydrogens is 278 g/mol. The van der Waals surface area contributed by atoms with Gasteiger partial charge in [0.2, 0.25) is 0 Å². The summed E-state index contributed by atoms with van der Waals surface area (Å²) >= 11 is 0. The molecule has 1 atom stereocenters. The van der Waals surface area contributed by atoms with E-state index < -0.39 is 26.9 Å². The number of Topliss-reactive ketones (excluding diaryl/α,β-unsaturated/α-hetero) is 1. The van der Waals surface area contributed by atoms with Gasteiger partial charge in [-0.1, -0.05) is 24.1 Å². The zero-order valence-electron chi connectivity index (χ0n) is 11.0. The van der Waals surface area contributed by atoms with Crippen molar-refractivity contribution in [3.8, 4) is 12.3 Å². The van der Waals surface area contributed by atoms with Gasteiger partial charge >= 0.3 is 15.1 Å². The van der Waals surface area contributed by atoms with Crippen LogP contribution < -0.4 is 4.31 Å². The Morgan fingerprint density at radius 3 is 2.35 bits per heavy atom. The average Bonchev–Trinajstić information content (AvgIpc) is 2.39. The minimum atomic E-state index is -4.34. The lowest BCUT2D eigenvalue weighted by atomic mass is 10.3. The molecule has 20 heavy (non-hydrogen) atoms. The molecule has 0 fully saturated rings. The fourth-order valence-electron chi connectivity index (χ4n) is 1.61. The third kappa shape index (κ3) is 2.94. The summed E-state index contributed by atoms with van der Waals surface area (Å²) in [5, 5.41) is -0.955. The molecule has 1 aromatic carbocycles. The molecule has 0 saturated carbocycles. The Balaban J connectivity index is 3.52. The van der Waals surface area contributed by atoms with Gasteiger partial charge in [-0.2, -0.15) is 8.42 Å². The number of hydrogen-bond donors (Lipinski definition) is 0. The number of para-hydroxylation sites is 1. The summed E-state index contributed by atoms with van der Waals surface area (Å²) in [5.74, 6) is 1.41. The lowest BCUT2D eigenvalue weighted by Gasteiger charge is -2.24. The molecule has 0 radical (unpaired) electrons. The Kier molecular flexibility index (Phi) is 4.81. The molecule has 0 amide bonds. The fourth-order valence-corrected chi connectivity index (χ4v) is 3.14. The molecule has 0 saturated heterocycles. The molecule has 1 rings (SSSR count). The molecule has 0 aliphatic heterocycles. The van der Waals surface area contributed by atoms with Crippen LogP contribution in [0.15, 0.2) is 30.3 Å². The van der Waals surface area contributed by atoms with Gasteiger partial charge in [-0.25, -0.2) is 4.31 Å². The summed E-state index contributed by atoms with van der Waals surface area (Å²) in [7, 11) is -4.34. The van der Waals surface area contributed by atoms with Crippen LogP contribution in [-0.4, -0.2) is 30.1 Å². The van der Waals surface area contributed by atoms with E-state index in [2.05, 4.69) is 10.7 Å². The van der Waals surface area contributed by atoms with Gasteiger partial charge in [-0.05, 0) is 19.1 Å². The van der Waals surface area contributed by atoms with Crippen LogP contribution >= 0.6 is 0 Å². The molecule has 0 aliphatic rings. The molecule has 0 bridgehead atoms. The van der Waals surface area contributed by atoms with Crippen LogP contribution in [0, 0.1) is 12.3 Å². The van der Waals surface area contributed by atoms with E-state index >= 15 is 0 Å². The minimum Gasteiger partial charge on any atom is -0.360 e. The van der Waals surface area contributed by atoms with Crippen molar-refractivity contribution in [2.45, 2.75) is 19.9 Å². The van der Waals surface area contributed by atoms with E-state index in [4.69, 9.17) is 12.0 Å². The summed E-state index contributed by atoms with van der Waals surface area (Å²) in [6.45, 7) is 2.48. The largest absolute Gasteiger partial charge is 0.466 e. The second kappa shape index (κ2) is 6.15. The molecule has 0 aromatic heterocycles. The summed E-state index contributed by atoms with van der Waals surface area (Å²) in [5.41, 5.74) is 9.07. The fraction of sp³-hybridized carbons (Fsp3) is 0.231. The zero-order valence-corrected chi connectivity index (χ0v) is 11.8. The first-order chi connectivity index (χ1) is 9.36. The number of nitrogens with zero attached hydrogens (tertiary/aromatic N) is 3. The molecule has 6 nitrogen and oxygen atoms in total. The van der Waals surface area contributed by atoms with Gasteiger partial charge in [0.15, 0.2) is 0 Å². The van der Waals surface area contributed by atoms with Gasteiger partial charge in [-0.3, -0.25) is 4.79 Å². The summed E-state index contributed by atoms with van der Waals surface area (Å²) in [6, 6.07) is 7.18. The predicted octanol–water partition coefficient (Wildman–Crippen LogP) is 1.06. The quantitative estimate of drug-likeness (QED) is 0.273. The third-order valence-corrected chi connectivity index (χ3v) is 4.40. The number of carbonyl (C=O) groups excluding carboxylic acids is 1. The highest BCUT2D eigenvalue weighted by atomic mass is 32.2. The number of carbonyl (C=O) groups is 1. The first-order valence-corrected chi connectivity index (χ1v) is 7.09. The van der Waals surface area contributed by atoms with Crippen molar-refractivity contribution in [3.63, 3.8) is 0 Å². The third-order valence-electron chi connectivity index (χ3n) is 2.50. The van der Waals surface area contributed by atoms with Gasteiger partial charge in [-0.15, -0.1) is 11.2 Å². The van der Waals surface area contributed by atoms with Gasteiger partial charge in [0.1, 0.15) is 6.04 Å². The van der Waals surface area contributed by atoms with Crippen molar-refractivity contribution >= 4 is 26.5 Å². The average molecular weight is 291 g/mol. The van der Waals surface area contributed by atoms with Crippen LogP contribution in [0.5, 0.6) is 0 Å². The van der Waals surface area contributed by atoms with Crippen molar-refractivity contribution in [1.82, 2.24) is 0 Å². The van der Waals surface area contributed by atoms with Crippen molar-refractivity contribution in [2.75, 3.05) is 4.31 Å². The van der Waals surface area contributed by atoms with Crippen molar-refractivity contribution < 1.29 is 18.0 Å². The smallest absolute Gasteiger partial charge is 0.360 e. The lowest BCUT2D eigenvalue weighted by molar-refractivity contribution is -0.114. The molecule has 104 valence electrons. The highest BCUT2D eigenvalue weighted by Gasteiger charge is 2.41. The van der Waals surface area contributed by atoms with E-state index in [1.807, 2.05) is 0 Å². The number of hydrogen-bond acceptors (Lipinski definition) is 3. The second-order valence-corrected chi connectivity index (χ2v) is 5.67. The van der Waals surface area contributed by atoms with Crippen LogP contribution in [0.4, 0.5) is 5.69 Å². The van der Waals surface area contributed by atoms with E-state index in [1.165, 1.54) is 19.1 Å². The van der Waals surface area contributed by atoms with E-state index in [0.717, 1.165) is 11.2 Å². The van der Waals surface area contributed by atoms with E-state index in [0.29, 0.717) is 0 Å². The Morgan fingerprint density at radius 2 is 1.95 bits per heavy atom. The first kappa shape index (κ1) is 15.6. The number of benzene rings is 1. The second-order valence-electron chi connectivity index (χ2n) is 3.94. The molecule has 1 aromatic rings. The maximum atomic E-state index is 12.4. The molecule has 1 unspecified atom stereocenters. The van der Waals surface area contributed by atoms with Crippen molar-refractivity contribution in [3.05, 3.63) is 35.9 Å². The molecule has 0 aliphatic carbocycles. The monoisotopic (exact) mass is 291 g/mol. The Bertz CT molecular complexity index is 698. The SMILES string of the molecule is C#CC(C)N(c1ccccc1)S(=O)(=O)C(=[N+]=[N-])C(C)=O. The molecule has 0 N–H and O–H groups in total. The number of rotatable bonds is 4. The van der Waals surface area contributed by atoms with Gasteiger partial charge in [0, 0.05) is 6.92 Å². The van der Waals surface area contributed by atoms with Crippen molar-refractivity contribution in [2.24, 2.45) is 0 Å². The Hall–Kier alpha value is -2.42. The maximum Gasteiger partial charge on any atom is 0.466 e. The van der Waals surface area contributed by atoms with Crippen LogP contribution in [0.1, 0.15) is 13.8 Å². The number of sulfonamides is 1. The summed E-state index contributed by atoms with van der Waals surface area (Å²) in [4.78, 5) is 13.9. The predicted molar refractivity (Wildman–Crippen MR) is 75.4 cm³/mol. The molecule has 7 heteroatoms. The summed E-state index contributed by atoms with van der Waals surface area (Å²) < 4.78 is 25.7. The van der Waals surface area contributed by atoms with Gasteiger partial charge in [0.25, 0.3) is 5.78 Å². The van der Waals surface area contributed by atoms with E-state index in [1.54, 1.807) is 18.2 Å². The first-order valence-electron chi connectivity index (χ1n) is 5.64. The van der Waals surface area contributed by atoms with Gasteiger partial charge in [0.05, 0.1) is 5.69 Å². The highest BCUT2D eigenvalue weighted by molar-refractivity contribution is 8.09. The molecule has 0 spiro atoms. The van der Waals surface area contributed by atoms with Crippen molar-refractivity contribution in [1.29, 1.82) is 0 Å². The van der Waals surface area contributed by atoms with Gasteiger partial charge < -0.3 is 5.53 Å².